The molecule has 5 nitrogen and oxygen atoms in total. The van der Waals surface area contributed by atoms with Gasteiger partial charge in [0.15, 0.2) is 0 Å². The maximum atomic E-state index is 12.6. The maximum Gasteiger partial charge on any atom is 0.243 e. The lowest BCUT2D eigenvalue weighted by Crippen LogP contribution is -2.76. The van der Waals surface area contributed by atoms with Gasteiger partial charge in [-0.25, -0.2) is 0 Å². The third-order valence-electron chi connectivity index (χ3n) is 4.47. The van der Waals surface area contributed by atoms with E-state index < -0.39 is 5.54 Å². The first-order valence-electron chi connectivity index (χ1n) is 7.15. The zero-order chi connectivity index (χ0) is 14.7. The van der Waals surface area contributed by atoms with Crippen molar-refractivity contribution in [2.45, 2.75) is 52.2 Å². The molecule has 0 aromatic rings. The van der Waals surface area contributed by atoms with Crippen molar-refractivity contribution in [2.24, 2.45) is 11.1 Å². The Labute approximate surface area is 116 Å². The minimum absolute atomic E-state index is 0.0237. The standard InChI is InChI=1S/C14H28N2O3/c1-5-16(8-7-9-17)12(18)14(15)10-11(19-6-2)13(14,3)4/h11,17H,5-10,15H2,1-4H3. The third-order valence-corrected chi connectivity index (χ3v) is 4.47. The zero-order valence-corrected chi connectivity index (χ0v) is 12.6. The first-order chi connectivity index (χ1) is 8.85. The van der Waals surface area contributed by atoms with E-state index in [4.69, 9.17) is 15.6 Å². The fourth-order valence-electron chi connectivity index (χ4n) is 2.75. The second-order valence-corrected chi connectivity index (χ2v) is 5.80. The SMILES string of the molecule is CCOC1CC(N)(C(=O)N(CC)CCCO)C1(C)C. The summed E-state index contributed by atoms with van der Waals surface area (Å²) in [5.41, 5.74) is 5.16. The van der Waals surface area contributed by atoms with E-state index in [0.717, 1.165) is 0 Å². The molecular weight excluding hydrogens is 244 g/mol. The molecule has 0 saturated heterocycles. The van der Waals surface area contributed by atoms with Gasteiger partial charge in [0.1, 0.15) is 5.54 Å². The molecule has 0 heterocycles. The predicted octanol–water partition coefficient (Wildman–Crippen LogP) is 0.750. The Hall–Kier alpha value is -0.650. The van der Waals surface area contributed by atoms with E-state index >= 15 is 0 Å². The van der Waals surface area contributed by atoms with Crippen molar-refractivity contribution in [3.63, 3.8) is 0 Å². The van der Waals surface area contributed by atoms with Crippen molar-refractivity contribution >= 4 is 5.91 Å². The molecule has 19 heavy (non-hydrogen) atoms. The smallest absolute Gasteiger partial charge is 0.243 e. The largest absolute Gasteiger partial charge is 0.396 e. The Kier molecular flexibility index (Phi) is 5.35. The highest BCUT2D eigenvalue weighted by Gasteiger charge is 2.63. The van der Waals surface area contributed by atoms with Crippen LogP contribution in [0.2, 0.25) is 0 Å². The summed E-state index contributed by atoms with van der Waals surface area (Å²) < 4.78 is 5.64. The van der Waals surface area contributed by atoms with Crippen molar-refractivity contribution < 1.29 is 14.6 Å². The number of ether oxygens (including phenoxy) is 1. The molecule has 0 radical (unpaired) electrons. The monoisotopic (exact) mass is 272 g/mol. The zero-order valence-electron chi connectivity index (χ0n) is 12.6. The van der Waals surface area contributed by atoms with E-state index in [9.17, 15) is 4.79 Å². The number of carbonyl (C=O) groups is 1. The Bertz CT molecular complexity index is 320. The average Bonchev–Trinajstić information content (AvgIpc) is 2.38. The molecule has 2 unspecified atom stereocenters. The minimum Gasteiger partial charge on any atom is -0.396 e. The molecule has 1 aliphatic rings. The molecule has 112 valence electrons. The minimum atomic E-state index is -0.849. The Balaban J connectivity index is 2.75. The lowest BCUT2D eigenvalue weighted by atomic mass is 9.54. The summed E-state index contributed by atoms with van der Waals surface area (Å²) in [6.45, 7) is 9.78. The van der Waals surface area contributed by atoms with Gasteiger partial charge in [0.2, 0.25) is 5.91 Å². The highest BCUT2D eigenvalue weighted by molar-refractivity contribution is 5.88. The van der Waals surface area contributed by atoms with Gasteiger partial charge in [0.05, 0.1) is 6.10 Å². The molecule has 2 atom stereocenters. The number of carbonyl (C=O) groups excluding carboxylic acids is 1. The van der Waals surface area contributed by atoms with Crippen LogP contribution in [0.5, 0.6) is 0 Å². The topological polar surface area (TPSA) is 75.8 Å². The molecular formula is C14H28N2O3. The summed E-state index contributed by atoms with van der Waals surface area (Å²) in [6.07, 6.45) is 1.20. The fourth-order valence-corrected chi connectivity index (χ4v) is 2.75. The molecule has 1 fully saturated rings. The number of nitrogens with zero attached hydrogens (tertiary/aromatic N) is 1. The molecule has 0 aromatic carbocycles. The van der Waals surface area contributed by atoms with Crippen LogP contribution in [0.4, 0.5) is 0 Å². The van der Waals surface area contributed by atoms with Crippen LogP contribution < -0.4 is 5.73 Å². The highest BCUT2D eigenvalue weighted by atomic mass is 16.5. The molecule has 1 saturated carbocycles. The van der Waals surface area contributed by atoms with Crippen molar-refractivity contribution in [3.8, 4) is 0 Å². The van der Waals surface area contributed by atoms with E-state index in [-0.39, 0.29) is 24.0 Å². The average molecular weight is 272 g/mol. The Morgan fingerprint density at radius 1 is 1.47 bits per heavy atom. The molecule has 0 spiro atoms. The summed E-state index contributed by atoms with van der Waals surface area (Å²) in [5.74, 6) is -0.0237. The summed E-state index contributed by atoms with van der Waals surface area (Å²) in [5, 5.41) is 8.89. The van der Waals surface area contributed by atoms with Crippen LogP contribution in [-0.4, -0.2) is 53.9 Å². The van der Waals surface area contributed by atoms with Gasteiger partial charge in [0, 0.05) is 38.1 Å². The van der Waals surface area contributed by atoms with E-state index in [1.54, 1.807) is 4.90 Å². The van der Waals surface area contributed by atoms with Crippen LogP contribution in [-0.2, 0) is 9.53 Å². The lowest BCUT2D eigenvalue weighted by Gasteiger charge is -2.58. The predicted molar refractivity (Wildman–Crippen MR) is 74.7 cm³/mol. The number of amides is 1. The lowest BCUT2D eigenvalue weighted by molar-refractivity contribution is -0.179. The molecule has 0 aliphatic heterocycles. The van der Waals surface area contributed by atoms with E-state index in [1.165, 1.54) is 0 Å². The van der Waals surface area contributed by atoms with Crippen LogP contribution in [0.1, 0.15) is 40.5 Å². The number of nitrogens with two attached hydrogens (primary N) is 1. The van der Waals surface area contributed by atoms with Gasteiger partial charge in [-0.3, -0.25) is 4.79 Å². The summed E-state index contributed by atoms with van der Waals surface area (Å²) in [6, 6.07) is 0. The summed E-state index contributed by atoms with van der Waals surface area (Å²) >= 11 is 0. The summed E-state index contributed by atoms with van der Waals surface area (Å²) in [7, 11) is 0. The number of hydrogen-bond acceptors (Lipinski definition) is 4. The molecule has 3 N–H and O–H groups in total. The number of hydrogen-bond donors (Lipinski definition) is 2. The van der Waals surface area contributed by atoms with Crippen molar-refractivity contribution in [3.05, 3.63) is 0 Å². The Morgan fingerprint density at radius 3 is 2.53 bits per heavy atom. The quantitative estimate of drug-likeness (QED) is 0.717. The first-order valence-corrected chi connectivity index (χ1v) is 7.15. The van der Waals surface area contributed by atoms with Crippen LogP contribution in [0.25, 0.3) is 0 Å². The normalized spacial score (nSPS) is 28.8. The fraction of sp³-hybridized carbons (Fsp3) is 0.929. The summed E-state index contributed by atoms with van der Waals surface area (Å²) in [4.78, 5) is 14.3. The van der Waals surface area contributed by atoms with E-state index in [0.29, 0.717) is 32.5 Å². The van der Waals surface area contributed by atoms with Gasteiger partial charge >= 0.3 is 0 Å². The van der Waals surface area contributed by atoms with Gasteiger partial charge in [-0.15, -0.1) is 0 Å². The van der Waals surface area contributed by atoms with Crippen molar-refractivity contribution in [2.75, 3.05) is 26.3 Å². The number of rotatable bonds is 7. The van der Waals surface area contributed by atoms with Crippen LogP contribution in [0, 0.1) is 5.41 Å². The van der Waals surface area contributed by atoms with Gasteiger partial charge in [-0.05, 0) is 20.3 Å². The molecule has 1 amide bonds. The first kappa shape index (κ1) is 16.4. The van der Waals surface area contributed by atoms with Crippen molar-refractivity contribution in [1.82, 2.24) is 4.90 Å². The molecule has 1 rings (SSSR count). The van der Waals surface area contributed by atoms with Gasteiger partial charge < -0.3 is 20.5 Å². The van der Waals surface area contributed by atoms with Crippen LogP contribution in [0.15, 0.2) is 0 Å². The second-order valence-electron chi connectivity index (χ2n) is 5.80. The van der Waals surface area contributed by atoms with Crippen LogP contribution in [0.3, 0.4) is 0 Å². The van der Waals surface area contributed by atoms with E-state index in [2.05, 4.69) is 0 Å². The highest BCUT2D eigenvalue weighted by Crippen LogP contribution is 2.50. The number of aliphatic hydroxyl groups is 1. The third kappa shape index (κ3) is 2.78. The number of likely N-dealkylation sites (N-methyl/N-ethyl adjacent to an activating group) is 1. The number of aliphatic hydroxyl groups excluding tert-OH is 1. The molecule has 5 heteroatoms. The maximum absolute atomic E-state index is 12.6. The van der Waals surface area contributed by atoms with E-state index in [1.807, 2.05) is 27.7 Å². The van der Waals surface area contributed by atoms with Crippen molar-refractivity contribution in [1.29, 1.82) is 0 Å². The van der Waals surface area contributed by atoms with Crippen LogP contribution >= 0.6 is 0 Å². The molecule has 1 aliphatic carbocycles. The Morgan fingerprint density at radius 2 is 2.11 bits per heavy atom. The van der Waals surface area contributed by atoms with Gasteiger partial charge in [0.25, 0.3) is 0 Å². The molecule has 0 aromatic heterocycles. The molecule has 0 bridgehead atoms. The second kappa shape index (κ2) is 6.20. The van der Waals surface area contributed by atoms with Gasteiger partial charge in [-0.1, -0.05) is 13.8 Å². The van der Waals surface area contributed by atoms with Gasteiger partial charge in [-0.2, -0.15) is 0 Å².